The monoisotopic (exact) mass is 365 g/mol. The van der Waals surface area contributed by atoms with Gasteiger partial charge in [-0.1, -0.05) is 13.8 Å². The van der Waals surface area contributed by atoms with Crippen LogP contribution in [0, 0.1) is 5.41 Å². The van der Waals surface area contributed by atoms with Crippen LogP contribution < -0.4 is 10.2 Å². The van der Waals surface area contributed by atoms with Gasteiger partial charge in [0.05, 0.1) is 5.25 Å². The zero-order chi connectivity index (χ0) is 17.7. The van der Waals surface area contributed by atoms with Crippen LogP contribution in [0.15, 0.2) is 23.0 Å². The molecule has 0 aliphatic heterocycles. The minimum Gasteiger partial charge on any atom is -0.289 e. The fraction of sp³-hybridized carbons (Fsp3) is 0.500. The Morgan fingerprint density at radius 3 is 2.62 bits per heavy atom. The Morgan fingerprint density at radius 1 is 1.25 bits per heavy atom. The Kier molecular flexibility index (Phi) is 4.24. The van der Waals surface area contributed by atoms with Crippen molar-refractivity contribution in [2.75, 3.05) is 4.72 Å². The first-order chi connectivity index (χ1) is 11.1. The molecule has 0 radical (unpaired) electrons. The summed E-state index contributed by atoms with van der Waals surface area (Å²) in [5, 5.41) is 0.183. The molecule has 0 saturated carbocycles. The zero-order valence-corrected chi connectivity index (χ0v) is 16.1. The van der Waals surface area contributed by atoms with Crippen LogP contribution >= 0.6 is 11.3 Å². The standard InChI is InChI=1S/C18H23NO3S2/c1-11(2)24(21,22)19-12-5-6-13-15(9-12)23-16-10-18(3,4)8-7-14(16)17(13)20/h5-6,9,11,19H,7-8,10H2,1-4H3. The molecular weight excluding hydrogens is 342 g/mol. The van der Waals surface area contributed by atoms with Crippen LogP contribution in [-0.4, -0.2) is 13.7 Å². The minimum absolute atomic E-state index is 0.104. The molecule has 4 nitrogen and oxygen atoms in total. The first-order valence-electron chi connectivity index (χ1n) is 8.19. The molecule has 1 aliphatic carbocycles. The van der Waals surface area contributed by atoms with E-state index >= 15 is 0 Å². The highest BCUT2D eigenvalue weighted by molar-refractivity contribution is 7.93. The summed E-state index contributed by atoms with van der Waals surface area (Å²) in [6, 6.07) is 5.20. The van der Waals surface area contributed by atoms with Crippen molar-refractivity contribution in [1.82, 2.24) is 0 Å². The van der Waals surface area contributed by atoms with Crippen LogP contribution in [-0.2, 0) is 22.9 Å². The van der Waals surface area contributed by atoms with Gasteiger partial charge in [0.25, 0.3) is 0 Å². The lowest BCUT2D eigenvalue weighted by Crippen LogP contribution is -2.26. The van der Waals surface area contributed by atoms with Crippen molar-refractivity contribution >= 4 is 37.1 Å². The summed E-state index contributed by atoms with van der Waals surface area (Å²) < 4.78 is 27.6. The maximum Gasteiger partial charge on any atom is 0.235 e. The van der Waals surface area contributed by atoms with E-state index in [4.69, 9.17) is 0 Å². The number of hydrogen-bond acceptors (Lipinski definition) is 4. The first kappa shape index (κ1) is 17.4. The van der Waals surface area contributed by atoms with Crippen LogP contribution in [0.2, 0.25) is 0 Å². The van der Waals surface area contributed by atoms with E-state index in [0.717, 1.165) is 34.4 Å². The molecule has 0 fully saturated rings. The molecule has 130 valence electrons. The molecule has 3 rings (SSSR count). The summed E-state index contributed by atoms with van der Waals surface area (Å²) in [6.45, 7) is 7.73. The molecule has 1 aliphatic rings. The van der Waals surface area contributed by atoms with E-state index in [1.54, 1.807) is 43.4 Å². The van der Waals surface area contributed by atoms with Gasteiger partial charge >= 0.3 is 0 Å². The smallest absolute Gasteiger partial charge is 0.235 e. The van der Waals surface area contributed by atoms with Crippen molar-refractivity contribution in [3.63, 3.8) is 0 Å². The average Bonchev–Trinajstić information content (AvgIpc) is 2.45. The average molecular weight is 366 g/mol. The lowest BCUT2D eigenvalue weighted by atomic mass is 9.77. The molecule has 0 unspecified atom stereocenters. The van der Waals surface area contributed by atoms with Crippen molar-refractivity contribution in [1.29, 1.82) is 0 Å². The number of rotatable bonds is 3. The summed E-state index contributed by atoms with van der Waals surface area (Å²) in [5.41, 5.74) is 1.78. The predicted octanol–water partition coefficient (Wildman–Crippen LogP) is 3.93. The minimum atomic E-state index is -3.39. The SMILES string of the molecule is CC(C)S(=O)(=O)Nc1ccc2c(=O)c3c(sc2c1)CC(C)(C)CC3. The van der Waals surface area contributed by atoms with Gasteiger partial charge in [0.1, 0.15) is 0 Å². The van der Waals surface area contributed by atoms with E-state index in [9.17, 15) is 13.2 Å². The number of anilines is 1. The van der Waals surface area contributed by atoms with E-state index < -0.39 is 15.3 Å². The molecule has 0 spiro atoms. The van der Waals surface area contributed by atoms with E-state index in [0.29, 0.717) is 11.1 Å². The largest absolute Gasteiger partial charge is 0.289 e. The summed E-state index contributed by atoms with van der Waals surface area (Å²) in [4.78, 5) is 13.9. The Balaban J connectivity index is 2.09. The number of sulfonamides is 1. The van der Waals surface area contributed by atoms with Gasteiger partial charge < -0.3 is 0 Å². The van der Waals surface area contributed by atoms with E-state index in [2.05, 4.69) is 18.6 Å². The summed E-state index contributed by atoms with van der Waals surface area (Å²) in [7, 11) is -3.39. The van der Waals surface area contributed by atoms with Crippen molar-refractivity contribution in [2.45, 2.75) is 52.2 Å². The third-order valence-corrected chi connectivity index (χ3v) is 7.60. The number of benzene rings is 1. The predicted molar refractivity (Wildman–Crippen MR) is 102 cm³/mol. The maximum absolute atomic E-state index is 12.8. The third kappa shape index (κ3) is 3.22. The fourth-order valence-corrected chi connectivity index (χ4v) is 5.20. The molecule has 0 amide bonds. The van der Waals surface area contributed by atoms with Crippen molar-refractivity contribution < 1.29 is 8.42 Å². The summed E-state index contributed by atoms with van der Waals surface area (Å²) in [5.74, 6) is 0. The Bertz CT molecular complexity index is 956. The topological polar surface area (TPSA) is 63.2 Å². The molecule has 6 heteroatoms. The van der Waals surface area contributed by atoms with E-state index in [-0.39, 0.29) is 10.8 Å². The van der Waals surface area contributed by atoms with E-state index in [1.165, 1.54) is 0 Å². The maximum atomic E-state index is 12.8. The second-order valence-electron chi connectivity index (χ2n) is 7.58. The van der Waals surface area contributed by atoms with Crippen LogP contribution in [0.3, 0.4) is 0 Å². The van der Waals surface area contributed by atoms with Gasteiger partial charge in [-0.05, 0) is 56.7 Å². The molecular formula is C18H23NO3S2. The molecule has 0 atom stereocenters. The van der Waals surface area contributed by atoms with Gasteiger partial charge in [0.15, 0.2) is 5.43 Å². The van der Waals surface area contributed by atoms with Crippen molar-refractivity contribution in [2.24, 2.45) is 5.41 Å². The van der Waals surface area contributed by atoms with Crippen LogP contribution in [0.5, 0.6) is 0 Å². The first-order valence-corrected chi connectivity index (χ1v) is 10.6. The third-order valence-electron chi connectivity index (χ3n) is 4.64. The lowest BCUT2D eigenvalue weighted by molar-refractivity contribution is 0.318. The second-order valence-corrected chi connectivity index (χ2v) is 11.0. The van der Waals surface area contributed by atoms with Gasteiger partial charge in [0, 0.05) is 26.2 Å². The van der Waals surface area contributed by atoms with Gasteiger partial charge in [-0.3, -0.25) is 9.52 Å². The lowest BCUT2D eigenvalue weighted by Gasteiger charge is -2.30. The molecule has 1 N–H and O–H groups in total. The van der Waals surface area contributed by atoms with Gasteiger partial charge in [-0.25, -0.2) is 8.42 Å². The van der Waals surface area contributed by atoms with Gasteiger partial charge in [0.2, 0.25) is 10.0 Å². The normalized spacial score (nSPS) is 17.0. The van der Waals surface area contributed by atoms with Crippen molar-refractivity contribution in [3.8, 4) is 0 Å². The molecule has 2 aromatic rings. The van der Waals surface area contributed by atoms with Crippen LogP contribution in [0.25, 0.3) is 10.1 Å². The number of hydrogen-bond donors (Lipinski definition) is 1. The fourth-order valence-electron chi connectivity index (χ4n) is 3.01. The van der Waals surface area contributed by atoms with Gasteiger partial charge in [-0.15, -0.1) is 11.3 Å². The van der Waals surface area contributed by atoms with E-state index in [1.807, 2.05) is 0 Å². The molecule has 0 bridgehead atoms. The highest BCUT2D eigenvalue weighted by Gasteiger charge is 2.28. The zero-order valence-electron chi connectivity index (χ0n) is 14.5. The Hall–Kier alpha value is -1.40. The van der Waals surface area contributed by atoms with Crippen LogP contribution in [0.4, 0.5) is 5.69 Å². The number of fused-ring (bicyclic) bond motifs is 2. The molecule has 1 heterocycles. The summed E-state index contributed by atoms with van der Waals surface area (Å²) in [6.07, 6.45) is 2.76. The van der Waals surface area contributed by atoms with Gasteiger partial charge in [-0.2, -0.15) is 0 Å². The van der Waals surface area contributed by atoms with Crippen molar-refractivity contribution in [3.05, 3.63) is 38.9 Å². The second kappa shape index (κ2) is 5.85. The number of nitrogens with one attached hydrogen (secondary N) is 1. The summed E-state index contributed by atoms with van der Waals surface area (Å²) >= 11 is 1.62. The molecule has 0 saturated heterocycles. The molecule has 1 aromatic carbocycles. The Morgan fingerprint density at radius 2 is 1.96 bits per heavy atom. The Labute approximate surface area is 147 Å². The molecule has 1 aromatic heterocycles. The van der Waals surface area contributed by atoms with Crippen LogP contribution in [0.1, 0.15) is 44.6 Å². The highest BCUT2D eigenvalue weighted by atomic mass is 32.2. The molecule has 24 heavy (non-hydrogen) atoms. The highest BCUT2D eigenvalue weighted by Crippen LogP contribution is 2.37. The quantitative estimate of drug-likeness (QED) is 0.896.